The summed E-state index contributed by atoms with van der Waals surface area (Å²) in [6, 6.07) is 7.67. The van der Waals surface area contributed by atoms with Crippen molar-refractivity contribution in [2.75, 3.05) is 4.90 Å². The van der Waals surface area contributed by atoms with E-state index in [0.717, 1.165) is 15.6 Å². The predicted molar refractivity (Wildman–Crippen MR) is 121 cm³/mol. The van der Waals surface area contributed by atoms with Crippen molar-refractivity contribution in [2.45, 2.75) is 13.8 Å². The average molecular weight is 518 g/mol. The highest BCUT2D eigenvalue weighted by Gasteiger charge is 2.26. The molecular weight excluding hydrogens is 506 g/mol. The minimum Gasteiger partial charge on any atom is -0.407 e. The molecule has 0 aliphatic carbocycles. The first kappa shape index (κ1) is 23.8. The number of non-ortho nitro benzene ring substituents is 1. The smallest absolute Gasteiger partial charge is 0.309 e. The van der Waals surface area contributed by atoms with Crippen molar-refractivity contribution in [2.24, 2.45) is 0 Å². The summed E-state index contributed by atoms with van der Waals surface area (Å²) in [6.45, 7) is 2.38. The number of nitro benzene ring substituents is 1. The topological polar surface area (TPSA) is 108 Å². The second-order valence-electron chi connectivity index (χ2n) is 6.31. The highest BCUT2D eigenvalue weighted by Crippen LogP contribution is 2.39. The fraction of sp³-hybridized carbons (Fsp3) is 0.105. The van der Waals surface area contributed by atoms with Gasteiger partial charge in [-0.25, -0.2) is 0 Å². The van der Waals surface area contributed by atoms with Crippen LogP contribution in [0.4, 0.5) is 17.2 Å². The Morgan fingerprint density at radius 2 is 1.66 bits per heavy atom. The Morgan fingerprint density at radius 1 is 1.03 bits per heavy atom. The molecule has 0 saturated heterocycles. The Hall–Kier alpha value is -2.85. The monoisotopic (exact) mass is 516 g/mol. The average Bonchev–Trinajstić information content (AvgIpc) is 3.04. The number of amides is 1. The Kier molecular flexibility index (Phi) is 6.94. The lowest BCUT2D eigenvalue weighted by atomic mass is 10.2. The molecule has 9 nitrogen and oxygen atoms in total. The van der Waals surface area contributed by atoms with Gasteiger partial charge in [0.2, 0.25) is 11.8 Å². The molecule has 0 spiro atoms. The molecule has 0 N–H and O–H groups in total. The Morgan fingerprint density at radius 3 is 2.19 bits per heavy atom. The lowest BCUT2D eigenvalue weighted by Crippen LogP contribution is -2.24. The molecular formula is C19H12Cl4N4O5. The number of aromatic nitrogens is 2. The van der Waals surface area contributed by atoms with Gasteiger partial charge < -0.3 is 4.74 Å². The Bertz CT molecular complexity index is 1240. The lowest BCUT2D eigenvalue weighted by Gasteiger charge is -2.19. The van der Waals surface area contributed by atoms with Gasteiger partial charge in [-0.2, -0.15) is 4.68 Å². The Balaban J connectivity index is 2.26. The van der Waals surface area contributed by atoms with Crippen LogP contribution < -0.4 is 9.64 Å². The number of benzene rings is 2. The Labute approximate surface area is 201 Å². The third-order valence-corrected chi connectivity index (χ3v) is 5.15. The van der Waals surface area contributed by atoms with Crippen LogP contribution in [0, 0.1) is 10.1 Å². The summed E-state index contributed by atoms with van der Waals surface area (Å²) >= 11 is 24.7. The summed E-state index contributed by atoms with van der Waals surface area (Å²) < 4.78 is 6.32. The molecule has 3 aromatic rings. The molecule has 2 aromatic carbocycles. The van der Waals surface area contributed by atoms with Gasteiger partial charge in [0.25, 0.3) is 5.69 Å². The van der Waals surface area contributed by atoms with E-state index in [9.17, 15) is 19.7 Å². The van der Waals surface area contributed by atoms with E-state index < -0.39 is 16.8 Å². The maximum atomic E-state index is 12.5. The molecule has 0 fully saturated rings. The lowest BCUT2D eigenvalue weighted by molar-refractivity contribution is -0.384. The maximum absolute atomic E-state index is 12.5. The maximum Gasteiger partial charge on any atom is 0.309 e. The number of carbonyl (C=O) groups is 2. The summed E-state index contributed by atoms with van der Waals surface area (Å²) in [5.74, 6) is -1.42. The van der Waals surface area contributed by atoms with Gasteiger partial charge in [0.05, 0.1) is 25.7 Å². The third-order valence-electron chi connectivity index (χ3n) is 4.03. The number of anilines is 2. The van der Waals surface area contributed by atoms with Gasteiger partial charge in [0.1, 0.15) is 5.69 Å². The molecule has 0 atom stereocenters. The summed E-state index contributed by atoms with van der Waals surface area (Å²) in [5, 5.41) is 16.0. The van der Waals surface area contributed by atoms with Crippen LogP contribution in [0.2, 0.25) is 20.1 Å². The van der Waals surface area contributed by atoms with E-state index in [1.54, 1.807) is 0 Å². The second-order valence-corrected chi connectivity index (χ2v) is 7.97. The number of halogens is 4. The normalized spacial score (nSPS) is 10.7. The molecule has 0 saturated carbocycles. The van der Waals surface area contributed by atoms with Crippen LogP contribution in [0.1, 0.15) is 13.8 Å². The van der Waals surface area contributed by atoms with Crippen molar-refractivity contribution in [3.63, 3.8) is 0 Å². The number of ether oxygens (including phenoxy) is 1. The quantitative estimate of drug-likeness (QED) is 0.233. The van der Waals surface area contributed by atoms with Gasteiger partial charge in [-0.1, -0.05) is 46.4 Å². The number of nitrogens with zero attached hydrogens (tertiary/aromatic N) is 4. The molecule has 0 radical (unpaired) electrons. The van der Waals surface area contributed by atoms with Crippen LogP contribution in [0.5, 0.6) is 5.88 Å². The van der Waals surface area contributed by atoms with Crippen LogP contribution in [0.3, 0.4) is 0 Å². The SMILES string of the molecule is CC(=O)Oc1cc(N(C(C)=O)c2cc([N+](=O)[O-])ccc2Cl)nn1-c1c(Cl)cc(Cl)cc1Cl. The minimum atomic E-state index is -0.679. The van der Waals surface area contributed by atoms with E-state index in [4.69, 9.17) is 51.1 Å². The minimum absolute atomic E-state index is 0.000640. The van der Waals surface area contributed by atoms with Crippen molar-refractivity contribution >= 4 is 75.5 Å². The van der Waals surface area contributed by atoms with Crippen LogP contribution in [0.15, 0.2) is 36.4 Å². The van der Waals surface area contributed by atoms with Crippen LogP contribution in [-0.2, 0) is 9.59 Å². The summed E-state index contributed by atoms with van der Waals surface area (Å²) in [4.78, 5) is 35.8. The zero-order valence-electron chi connectivity index (χ0n) is 16.3. The molecule has 1 amide bonds. The molecule has 0 aliphatic rings. The molecule has 13 heteroatoms. The summed E-state index contributed by atoms with van der Waals surface area (Å²) in [7, 11) is 0. The van der Waals surface area contributed by atoms with Crippen molar-refractivity contribution in [1.82, 2.24) is 9.78 Å². The number of nitro groups is 1. The van der Waals surface area contributed by atoms with Crippen molar-refractivity contribution in [3.8, 4) is 11.6 Å². The second kappa shape index (κ2) is 9.33. The van der Waals surface area contributed by atoms with E-state index in [2.05, 4.69) is 5.10 Å². The number of rotatable bonds is 5. The van der Waals surface area contributed by atoms with E-state index in [1.807, 2.05) is 0 Å². The molecule has 1 heterocycles. The molecule has 1 aromatic heterocycles. The highest BCUT2D eigenvalue weighted by atomic mass is 35.5. The predicted octanol–water partition coefficient (Wildman–Crippen LogP) is 6.00. The molecule has 166 valence electrons. The van der Waals surface area contributed by atoms with E-state index in [1.165, 1.54) is 44.2 Å². The largest absolute Gasteiger partial charge is 0.407 e. The zero-order chi connectivity index (χ0) is 23.7. The fourth-order valence-corrected chi connectivity index (χ4v) is 4.00. The number of hydrogen-bond donors (Lipinski definition) is 0. The van der Waals surface area contributed by atoms with E-state index >= 15 is 0 Å². The van der Waals surface area contributed by atoms with Gasteiger partial charge in [-0.05, 0) is 18.2 Å². The highest BCUT2D eigenvalue weighted by molar-refractivity contribution is 6.40. The standard InChI is InChI=1S/C19H12Cl4N4O5/c1-9(28)25(16-7-12(27(30)31)3-4-13(16)21)17-8-18(32-10(2)29)26(24-17)19-14(22)5-11(20)6-15(19)23/h3-8H,1-2H3. The van der Waals surface area contributed by atoms with Crippen LogP contribution in [0.25, 0.3) is 5.69 Å². The van der Waals surface area contributed by atoms with Gasteiger partial charge in [-0.3, -0.25) is 24.6 Å². The first-order chi connectivity index (χ1) is 15.0. The van der Waals surface area contributed by atoms with Crippen LogP contribution >= 0.6 is 46.4 Å². The van der Waals surface area contributed by atoms with Gasteiger partial charge in [0.15, 0.2) is 5.82 Å². The van der Waals surface area contributed by atoms with Crippen LogP contribution in [-0.4, -0.2) is 26.6 Å². The first-order valence-corrected chi connectivity index (χ1v) is 10.2. The van der Waals surface area contributed by atoms with Gasteiger partial charge in [0, 0.05) is 37.1 Å². The van der Waals surface area contributed by atoms with Crippen molar-refractivity contribution in [1.29, 1.82) is 0 Å². The molecule has 0 aliphatic heterocycles. The third kappa shape index (κ3) is 4.81. The number of hydrogen-bond acceptors (Lipinski definition) is 6. The van der Waals surface area contributed by atoms with Crippen molar-refractivity contribution in [3.05, 3.63) is 66.6 Å². The molecule has 0 unspecified atom stereocenters. The van der Waals surface area contributed by atoms with E-state index in [0.29, 0.717) is 0 Å². The number of esters is 1. The van der Waals surface area contributed by atoms with E-state index in [-0.39, 0.29) is 48.9 Å². The zero-order valence-corrected chi connectivity index (χ0v) is 19.3. The fourth-order valence-electron chi connectivity index (χ4n) is 2.82. The molecule has 3 rings (SSSR count). The summed E-state index contributed by atoms with van der Waals surface area (Å²) in [5.41, 5.74) is -0.159. The molecule has 0 bridgehead atoms. The molecule has 32 heavy (non-hydrogen) atoms. The first-order valence-electron chi connectivity index (χ1n) is 8.67. The van der Waals surface area contributed by atoms with Gasteiger partial charge >= 0.3 is 5.97 Å². The summed E-state index contributed by atoms with van der Waals surface area (Å²) in [6.07, 6.45) is 0. The number of carbonyl (C=O) groups excluding carboxylic acids is 2. The van der Waals surface area contributed by atoms with Crippen molar-refractivity contribution < 1.29 is 19.2 Å². The van der Waals surface area contributed by atoms with Gasteiger partial charge in [-0.15, -0.1) is 5.10 Å².